The monoisotopic (exact) mass is 447 g/mol. The van der Waals surface area contributed by atoms with Crippen molar-refractivity contribution in [3.05, 3.63) is 35.4 Å². The molecule has 0 bridgehead atoms. The van der Waals surface area contributed by atoms with Crippen molar-refractivity contribution in [2.24, 2.45) is 4.99 Å². The van der Waals surface area contributed by atoms with Crippen molar-refractivity contribution in [2.75, 3.05) is 18.9 Å². The molecule has 0 spiro atoms. The standard InChI is InChI=1S/C21H32F3N3O2S/c1-3-25-20(27-18-9-6-10-19(12-18)30(28)4-2)26-13-16-7-5-8-17(11-16)14-29-15-21(22,23)24/h5,7-8,11,18-19H,3-4,6,9-10,12-15H2,1-2H3,(H2,25,26,27). The van der Waals surface area contributed by atoms with Crippen LogP contribution in [0, 0.1) is 0 Å². The molecule has 2 rings (SSSR count). The number of benzene rings is 1. The van der Waals surface area contributed by atoms with Gasteiger partial charge in [-0.2, -0.15) is 13.2 Å². The maximum absolute atomic E-state index is 12.2. The molecule has 5 nitrogen and oxygen atoms in total. The molecule has 1 fully saturated rings. The molecule has 0 aromatic heterocycles. The van der Waals surface area contributed by atoms with Gasteiger partial charge in [0.25, 0.3) is 0 Å². The smallest absolute Gasteiger partial charge is 0.367 e. The van der Waals surface area contributed by atoms with Gasteiger partial charge in [-0.05, 0) is 37.3 Å². The summed E-state index contributed by atoms with van der Waals surface area (Å²) in [6.45, 7) is 3.72. The van der Waals surface area contributed by atoms with E-state index < -0.39 is 23.6 Å². The molecule has 3 atom stereocenters. The Labute approximate surface area is 179 Å². The molecule has 3 unspecified atom stereocenters. The molecule has 1 aliphatic carbocycles. The molecule has 170 valence electrons. The van der Waals surface area contributed by atoms with Gasteiger partial charge in [0.05, 0.1) is 13.2 Å². The van der Waals surface area contributed by atoms with Crippen LogP contribution in [0.4, 0.5) is 13.2 Å². The second-order valence-electron chi connectivity index (χ2n) is 7.42. The third kappa shape index (κ3) is 9.04. The highest BCUT2D eigenvalue weighted by molar-refractivity contribution is 7.85. The molecule has 2 N–H and O–H groups in total. The Morgan fingerprint density at radius 3 is 2.73 bits per heavy atom. The fourth-order valence-corrected chi connectivity index (χ4v) is 4.88. The van der Waals surface area contributed by atoms with E-state index in [1.165, 1.54) is 0 Å². The van der Waals surface area contributed by atoms with E-state index in [1.807, 2.05) is 26.0 Å². The number of nitrogens with zero attached hydrogens (tertiary/aromatic N) is 1. The highest BCUT2D eigenvalue weighted by atomic mass is 32.2. The van der Waals surface area contributed by atoms with E-state index >= 15 is 0 Å². The number of nitrogens with one attached hydrogen (secondary N) is 2. The average Bonchev–Trinajstić information content (AvgIpc) is 2.71. The first kappa shape index (κ1) is 24.7. The number of halogens is 3. The van der Waals surface area contributed by atoms with Crippen LogP contribution in [-0.4, -0.2) is 46.5 Å². The van der Waals surface area contributed by atoms with Gasteiger partial charge in [0, 0.05) is 34.4 Å². The number of alkyl halides is 3. The van der Waals surface area contributed by atoms with Gasteiger partial charge >= 0.3 is 6.18 Å². The van der Waals surface area contributed by atoms with Gasteiger partial charge in [-0.25, -0.2) is 4.99 Å². The van der Waals surface area contributed by atoms with Gasteiger partial charge in [0.2, 0.25) is 0 Å². The lowest BCUT2D eigenvalue weighted by Crippen LogP contribution is -2.46. The summed E-state index contributed by atoms with van der Waals surface area (Å²) in [5, 5.41) is 6.93. The minimum atomic E-state index is -4.32. The molecule has 1 aliphatic rings. The van der Waals surface area contributed by atoms with Gasteiger partial charge < -0.3 is 15.4 Å². The van der Waals surface area contributed by atoms with E-state index in [0.29, 0.717) is 30.4 Å². The quantitative estimate of drug-likeness (QED) is 0.445. The zero-order chi connectivity index (χ0) is 22.0. The van der Waals surface area contributed by atoms with E-state index in [9.17, 15) is 17.4 Å². The Kier molecular flexibility index (Phi) is 10.1. The molecule has 30 heavy (non-hydrogen) atoms. The van der Waals surface area contributed by atoms with Crippen LogP contribution in [0.5, 0.6) is 0 Å². The maximum atomic E-state index is 12.2. The molecule has 0 saturated heterocycles. The van der Waals surface area contributed by atoms with Crippen LogP contribution in [0.2, 0.25) is 0 Å². The van der Waals surface area contributed by atoms with Crippen LogP contribution >= 0.6 is 0 Å². The Morgan fingerprint density at radius 1 is 1.27 bits per heavy atom. The summed E-state index contributed by atoms with van der Waals surface area (Å²) in [4.78, 5) is 4.63. The maximum Gasteiger partial charge on any atom is 0.411 e. The number of aliphatic imine (C=N–C) groups is 1. The van der Waals surface area contributed by atoms with Crippen molar-refractivity contribution in [1.82, 2.24) is 10.6 Å². The molecule has 0 heterocycles. The van der Waals surface area contributed by atoms with Crippen molar-refractivity contribution in [2.45, 2.75) is 70.2 Å². The summed E-state index contributed by atoms with van der Waals surface area (Å²) in [5.41, 5.74) is 1.58. The van der Waals surface area contributed by atoms with Gasteiger partial charge in [-0.3, -0.25) is 4.21 Å². The fraction of sp³-hybridized carbons (Fsp3) is 0.667. The SMILES string of the molecule is CCNC(=NCc1cccc(COCC(F)(F)F)c1)NC1CCCC(S(=O)CC)C1. The van der Waals surface area contributed by atoms with Gasteiger partial charge in [0.15, 0.2) is 5.96 Å². The number of guanidine groups is 1. The summed E-state index contributed by atoms with van der Waals surface area (Å²) in [6.07, 6.45) is -0.371. The number of hydrogen-bond donors (Lipinski definition) is 2. The highest BCUT2D eigenvalue weighted by Gasteiger charge is 2.27. The topological polar surface area (TPSA) is 62.7 Å². The lowest BCUT2D eigenvalue weighted by molar-refractivity contribution is -0.176. The Hall–Kier alpha value is -1.61. The first-order valence-corrected chi connectivity index (χ1v) is 11.8. The summed E-state index contributed by atoms with van der Waals surface area (Å²) in [6, 6.07) is 7.47. The lowest BCUT2D eigenvalue weighted by Gasteiger charge is -2.30. The predicted molar refractivity (Wildman–Crippen MR) is 115 cm³/mol. The Balaban J connectivity index is 1.94. The van der Waals surface area contributed by atoms with Gasteiger partial charge in [0.1, 0.15) is 6.61 Å². The van der Waals surface area contributed by atoms with Crippen LogP contribution in [0.25, 0.3) is 0 Å². The molecule has 1 aromatic rings. The van der Waals surface area contributed by atoms with Gasteiger partial charge in [-0.15, -0.1) is 0 Å². The Bertz CT molecular complexity index is 713. The molecular formula is C21H32F3N3O2S. The van der Waals surface area contributed by atoms with Gasteiger partial charge in [-0.1, -0.05) is 37.6 Å². The third-order valence-corrected chi connectivity index (χ3v) is 6.65. The lowest BCUT2D eigenvalue weighted by atomic mass is 9.95. The summed E-state index contributed by atoms with van der Waals surface area (Å²) >= 11 is 0. The summed E-state index contributed by atoms with van der Waals surface area (Å²) in [5.74, 6) is 1.39. The molecule has 1 saturated carbocycles. The second-order valence-corrected chi connectivity index (χ2v) is 9.43. The highest BCUT2D eigenvalue weighted by Crippen LogP contribution is 2.23. The van der Waals surface area contributed by atoms with E-state index in [-0.39, 0.29) is 17.9 Å². The summed E-state index contributed by atoms with van der Waals surface area (Å²) in [7, 11) is -0.780. The van der Waals surface area contributed by atoms with Crippen molar-refractivity contribution in [1.29, 1.82) is 0 Å². The van der Waals surface area contributed by atoms with E-state index in [4.69, 9.17) is 4.74 Å². The van der Waals surface area contributed by atoms with Crippen molar-refractivity contribution < 1.29 is 22.1 Å². The molecule has 9 heteroatoms. The normalized spacial score (nSPS) is 21.3. The Morgan fingerprint density at radius 2 is 2.03 bits per heavy atom. The van der Waals surface area contributed by atoms with E-state index in [2.05, 4.69) is 15.6 Å². The van der Waals surface area contributed by atoms with Crippen LogP contribution < -0.4 is 10.6 Å². The van der Waals surface area contributed by atoms with Crippen LogP contribution in [0.15, 0.2) is 29.3 Å². The van der Waals surface area contributed by atoms with Crippen molar-refractivity contribution in [3.8, 4) is 0 Å². The van der Waals surface area contributed by atoms with Crippen LogP contribution in [-0.2, 0) is 28.7 Å². The first-order valence-electron chi connectivity index (χ1n) is 10.4. The molecular weight excluding hydrogens is 415 g/mol. The number of rotatable bonds is 9. The van der Waals surface area contributed by atoms with Crippen LogP contribution in [0.3, 0.4) is 0 Å². The average molecular weight is 448 g/mol. The third-order valence-electron chi connectivity index (χ3n) is 4.91. The largest absolute Gasteiger partial charge is 0.411 e. The zero-order valence-corrected chi connectivity index (χ0v) is 18.5. The molecule has 0 radical (unpaired) electrons. The number of hydrogen-bond acceptors (Lipinski definition) is 3. The fourth-order valence-electron chi connectivity index (χ4n) is 3.54. The number of ether oxygens (including phenoxy) is 1. The van der Waals surface area contributed by atoms with E-state index in [0.717, 1.165) is 31.2 Å². The van der Waals surface area contributed by atoms with Crippen molar-refractivity contribution in [3.63, 3.8) is 0 Å². The van der Waals surface area contributed by atoms with Crippen LogP contribution in [0.1, 0.15) is 50.7 Å². The minimum Gasteiger partial charge on any atom is -0.367 e. The molecule has 0 amide bonds. The molecule has 0 aliphatic heterocycles. The minimum absolute atomic E-state index is 0.0899. The first-order chi connectivity index (χ1) is 14.3. The zero-order valence-electron chi connectivity index (χ0n) is 17.6. The summed E-state index contributed by atoms with van der Waals surface area (Å²) < 4.78 is 53.6. The predicted octanol–water partition coefficient (Wildman–Crippen LogP) is 3.90. The van der Waals surface area contributed by atoms with Crippen molar-refractivity contribution >= 4 is 16.8 Å². The van der Waals surface area contributed by atoms with E-state index in [1.54, 1.807) is 12.1 Å². The molecule has 1 aromatic carbocycles. The second kappa shape index (κ2) is 12.3.